The average molecular weight is 313 g/mol. The number of hydrogen-bond donors (Lipinski definition) is 1. The van der Waals surface area contributed by atoms with Crippen molar-refractivity contribution < 1.29 is 13.5 Å². The number of aliphatic hydroxyl groups is 1. The summed E-state index contributed by atoms with van der Waals surface area (Å²) in [4.78, 5) is 0.305. The van der Waals surface area contributed by atoms with Crippen LogP contribution >= 0.6 is 0 Å². The summed E-state index contributed by atoms with van der Waals surface area (Å²) in [6.07, 6.45) is 2.74. The summed E-state index contributed by atoms with van der Waals surface area (Å²) in [5, 5.41) is 9.09. The van der Waals surface area contributed by atoms with Crippen molar-refractivity contribution in [1.82, 2.24) is 4.31 Å². The third-order valence-corrected chi connectivity index (χ3v) is 5.72. The molecule has 5 heteroatoms. The van der Waals surface area contributed by atoms with Crippen LogP contribution in [0.1, 0.15) is 51.5 Å². The Kier molecular flexibility index (Phi) is 7.35. The molecule has 1 aromatic rings. The molecule has 1 aromatic carbocycles. The molecule has 0 spiro atoms. The summed E-state index contributed by atoms with van der Waals surface area (Å²) in [5.41, 5.74) is 1.15. The van der Waals surface area contributed by atoms with Gasteiger partial charge in [0, 0.05) is 13.1 Å². The molecule has 1 rings (SSSR count). The van der Waals surface area contributed by atoms with Gasteiger partial charge in [-0.1, -0.05) is 39.3 Å². The van der Waals surface area contributed by atoms with Crippen molar-refractivity contribution >= 4 is 10.0 Å². The molecule has 0 bridgehead atoms. The number of rotatable bonds is 9. The molecule has 0 aliphatic heterocycles. The van der Waals surface area contributed by atoms with Gasteiger partial charge in [0.15, 0.2) is 0 Å². The van der Waals surface area contributed by atoms with Crippen LogP contribution in [0.25, 0.3) is 0 Å². The van der Waals surface area contributed by atoms with Crippen molar-refractivity contribution in [2.75, 3.05) is 19.7 Å². The van der Waals surface area contributed by atoms with Crippen molar-refractivity contribution in [1.29, 1.82) is 0 Å². The predicted octanol–water partition coefficient (Wildman–Crippen LogP) is 2.98. The maximum Gasteiger partial charge on any atom is 0.243 e. The Bertz CT molecular complexity index is 511. The first kappa shape index (κ1) is 18.1. The van der Waals surface area contributed by atoms with E-state index < -0.39 is 10.0 Å². The van der Waals surface area contributed by atoms with Gasteiger partial charge in [-0.25, -0.2) is 8.42 Å². The normalized spacial score (nSPS) is 13.6. The summed E-state index contributed by atoms with van der Waals surface area (Å²) < 4.78 is 26.6. The minimum Gasteiger partial charge on any atom is -0.395 e. The lowest BCUT2D eigenvalue weighted by atomic mass is 9.99. The van der Waals surface area contributed by atoms with Gasteiger partial charge in [-0.3, -0.25) is 0 Å². The van der Waals surface area contributed by atoms with E-state index >= 15 is 0 Å². The predicted molar refractivity (Wildman–Crippen MR) is 85.9 cm³/mol. The molecule has 0 amide bonds. The molecule has 0 saturated heterocycles. The van der Waals surface area contributed by atoms with E-state index in [1.54, 1.807) is 12.1 Å². The molecule has 21 heavy (non-hydrogen) atoms. The minimum absolute atomic E-state index is 0.148. The molecule has 1 unspecified atom stereocenters. The maximum absolute atomic E-state index is 12.6. The second-order valence-electron chi connectivity index (χ2n) is 5.36. The van der Waals surface area contributed by atoms with Gasteiger partial charge in [0.1, 0.15) is 0 Å². The standard InChI is InChI=1S/C16H27NO3S/c1-4-6-11-17(12-13-18)21(19,20)16-9-7-15(8-10-16)14(3)5-2/h7-10,14,18H,4-6,11-13H2,1-3H3. The molecular formula is C16H27NO3S. The highest BCUT2D eigenvalue weighted by Crippen LogP contribution is 2.22. The zero-order chi connectivity index (χ0) is 15.9. The number of hydrogen-bond acceptors (Lipinski definition) is 3. The van der Waals surface area contributed by atoms with Crippen molar-refractivity contribution in [3.8, 4) is 0 Å². The fourth-order valence-electron chi connectivity index (χ4n) is 2.15. The largest absolute Gasteiger partial charge is 0.395 e. The Morgan fingerprint density at radius 2 is 1.76 bits per heavy atom. The fourth-order valence-corrected chi connectivity index (χ4v) is 3.62. The Labute approximate surface area is 128 Å². The lowest BCUT2D eigenvalue weighted by Gasteiger charge is -2.21. The maximum atomic E-state index is 12.6. The third-order valence-electron chi connectivity index (χ3n) is 3.81. The van der Waals surface area contributed by atoms with E-state index in [0.29, 0.717) is 17.4 Å². The van der Waals surface area contributed by atoms with E-state index in [1.165, 1.54) is 4.31 Å². The van der Waals surface area contributed by atoms with Crippen molar-refractivity contribution in [2.24, 2.45) is 0 Å². The zero-order valence-electron chi connectivity index (χ0n) is 13.2. The van der Waals surface area contributed by atoms with E-state index in [4.69, 9.17) is 5.11 Å². The molecule has 0 heterocycles. The summed E-state index contributed by atoms with van der Waals surface area (Å²) in [6.45, 7) is 6.70. The Hall–Kier alpha value is -0.910. The van der Waals surface area contributed by atoms with Crippen molar-refractivity contribution in [3.05, 3.63) is 29.8 Å². The second-order valence-corrected chi connectivity index (χ2v) is 7.30. The van der Waals surface area contributed by atoms with Crippen LogP contribution in [0.3, 0.4) is 0 Å². The molecule has 1 N–H and O–H groups in total. The van der Waals surface area contributed by atoms with Crippen molar-refractivity contribution in [2.45, 2.75) is 50.8 Å². The van der Waals surface area contributed by atoms with Crippen LogP contribution in [0, 0.1) is 0 Å². The van der Waals surface area contributed by atoms with E-state index in [0.717, 1.165) is 24.8 Å². The Balaban J connectivity index is 2.98. The summed E-state index contributed by atoms with van der Waals surface area (Å²) in [6, 6.07) is 7.12. The third kappa shape index (κ3) is 4.80. The summed E-state index contributed by atoms with van der Waals surface area (Å²) in [7, 11) is -3.51. The minimum atomic E-state index is -3.51. The average Bonchev–Trinajstić information content (AvgIpc) is 2.50. The lowest BCUT2D eigenvalue weighted by Crippen LogP contribution is -2.34. The van der Waals surface area contributed by atoms with Gasteiger partial charge >= 0.3 is 0 Å². The first-order valence-electron chi connectivity index (χ1n) is 7.68. The van der Waals surface area contributed by atoms with Crippen LogP contribution in [0.4, 0.5) is 0 Å². The van der Waals surface area contributed by atoms with E-state index in [2.05, 4.69) is 13.8 Å². The highest BCUT2D eigenvalue weighted by Gasteiger charge is 2.23. The van der Waals surface area contributed by atoms with E-state index in [9.17, 15) is 8.42 Å². The molecule has 0 aromatic heterocycles. The number of benzene rings is 1. The van der Waals surface area contributed by atoms with Gasteiger partial charge in [0.2, 0.25) is 10.0 Å². The monoisotopic (exact) mass is 313 g/mol. The molecule has 4 nitrogen and oxygen atoms in total. The molecule has 0 aliphatic rings. The topological polar surface area (TPSA) is 57.6 Å². The number of unbranched alkanes of at least 4 members (excludes halogenated alkanes) is 1. The molecule has 1 atom stereocenters. The van der Waals surface area contributed by atoms with E-state index in [-0.39, 0.29) is 13.2 Å². The number of nitrogens with zero attached hydrogens (tertiary/aromatic N) is 1. The van der Waals surface area contributed by atoms with Crippen LogP contribution < -0.4 is 0 Å². The molecule has 0 radical (unpaired) electrons. The van der Waals surface area contributed by atoms with Crippen LogP contribution in [0.15, 0.2) is 29.2 Å². The van der Waals surface area contributed by atoms with E-state index in [1.807, 2.05) is 19.1 Å². The quantitative estimate of drug-likeness (QED) is 0.762. The van der Waals surface area contributed by atoms with Crippen LogP contribution in [0.5, 0.6) is 0 Å². The smallest absolute Gasteiger partial charge is 0.243 e. The van der Waals surface area contributed by atoms with Gasteiger partial charge in [0.05, 0.1) is 11.5 Å². The summed E-state index contributed by atoms with van der Waals surface area (Å²) >= 11 is 0. The highest BCUT2D eigenvalue weighted by molar-refractivity contribution is 7.89. The van der Waals surface area contributed by atoms with Gasteiger partial charge in [-0.05, 0) is 36.5 Å². The second kappa shape index (κ2) is 8.51. The SMILES string of the molecule is CCCCN(CCO)S(=O)(=O)c1ccc(C(C)CC)cc1. The first-order valence-corrected chi connectivity index (χ1v) is 9.12. The van der Waals surface area contributed by atoms with Gasteiger partial charge < -0.3 is 5.11 Å². The van der Waals surface area contributed by atoms with Gasteiger partial charge in [-0.15, -0.1) is 0 Å². The first-order chi connectivity index (χ1) is 9.97. The summed E-state index contributed by atoms with van der Waals surface area (Å²) in [5.74, 6) is 0.426. The van der Waals surface area contributed by atoms with Crippen LogP contribution in [0.2, 0.25) is 0 Å². The van der Waals surface area contributed by atoms with Gasteiger partial charge in [0.25, 0.3) is 0 Å². The van der Waals surface area contributed by atoms with Crippen molar-refractivity contribution in [3.63, 3.8) is 0 Å². The molecule has 0 aliphatic carbocycles. The lowest BCUT2D eigenvalue weighted by molar-refractivity contribution is 0.252. The highest BCUT2D eigenvalue weighted by atomic mass is 32.2. The van der Waals surface area contributed by atoms with Crippen LogP contribution in [-0.2, 0) is 10.0 Å². The fraction of sp³-hybridized carbons (Fsp3) is 0.625. The Morgan fingerprint density at radius 1 is 1.14 bits per heavy atom. The molecule has 0 saturated carbocycles. The molecule has 120 valence electrons. The van der Waals surface area contributed by atoms with Crippen LogP contribution in [-0.4, -0.2) is 37.5 Å². The number of aliphatic hydroxyl groups excluding tert-OH is 1. The molecular weight excluding hydrogens is 286 g/mol. The Morgan fingerprint density at radius 3 is 2.24 bits per heavy atom. The number of sulfonamides is 1. The zero-order valence-corrected chi connectivity index (χ0v) is 14.1. The molecule has 0 fully saturated rings. The van der Waals surface area contributed by atoms with Gasteiger partial charge in [-0.2, -0.15) is 4.31 Å².